The van der Waals surface area contributed by atoms with Crippen LogP contribution in [-0.4, -0.2) is 38.8 Å². The van der Waals surface area contributed by atoms with Crippen LogP contribution >= 0.6 is 12.4 Å². The highest BCUT2D eigenvalue weighted by Crippen LogP contribution is 2.12. The molecule has 0 aromatic carbocycles. The minimum Gasteiger partial charge on any atom is -0.381 e. The third-order valence-electron chi connectivity index (χ3n) is 3.03. The molecule has 0 radical (unpaired) electrons. The molecule has 2 heterocycles. The molecule has 2 aliphatic rings. The molecule has 1 amide bonds. The number of amides is 1. The fraction of sp³-hybridized carbons (Fsp3) is 0.900. The maximum Gasteiger partial charge on any atom is 0.225 e. The molecule has 0 spiro atoms. The van der Waals surface area contributed by atoms with Gasteiger partial charge in [-0.1, -0.05) is 0 Å². The molecule has 4 nitrogen and oxygen atoms in total. The zero-order chi connectivity index (χ0) is 9.80. The first-order chi connectivity index (χ1) is 6.86. The van der Waals surface area contributed by atoms with Crippen molar-refractivity contribution < 1.29 is 9.53 Å². The van der Waals surface area contributed by atoms with E-state index >= 15 is 0 Å². The molecule has 0 saturated carbocycles. The van der Waals surface area contributed by atoms with Crippen molar-refractivity contribution in [1.82, 2.24) is 10.6 Å². The van der Waals surface area contributed by atoms with Gasteiger partial charge in [-0.15, -0.1) is 12.4 Å². The van der Waals surface area contributed by atoms with Crippen molar-refractivity contribution in [1.29, 1.82) is 0 Å². The molecule has 5 heteroatoms. The van der Waals surface area contributed by atoms with E-state index in [4.69, 9.17) is 4.74 Å². The van der Waals surface area contributed by atoms with E-state index < -0.39 is 0 Å². The fourth-order valence-electron chi connectivity index (χ4n) is 2.02. The molecule has 0 aromatic rings. The molecule has 15 heavy (non-hydrogen) atoms. The molecule has 2 saturated heterocycles. The molecule has 2 aliphatic heterocycles. The van der Waals surface area contributed by atoms with Gasteiger partial charge in [0.05, 0.1) is 12.5 Å². The van der Waals surface area contributed by atoms with Gasteiger partial charge in [0.15, 0.2) is 0 Å². The number of halogens is 1. The zero-order valence-electron chi connectivity index (χ0n) is 8.83. The van der Waals surface area contributed by atoms with Gasteiger partial charge in [0.2, 0.25) is 5.91 Å². The average Bonchev–Trinajstić information content (AvgIpc) is 2.87. The van der Waals surface area contributed by atoms with Gasteiger partial charge in [-0.25, -0.2) is 0 Å². The van der Waals surface area contributed by atoms with E-state index in [0.29, 0.717) is 12.5 Å². The van der Waals surface area contributed by atoms with E-state index in [-0.39, 0.29) is 24.2 Å². The highest BCUT2D eigenvalue weighted by Gasteiger charge is 2.24. The van der Waals surface area contributed by atoms with Crippen molar-refractivity contribution >= 4 is 18.3 Å². The maximum absolute atomic E-state index is 11.6. The van der Waals surface area contributed by atoms with Crippen molar-refractivity contribution in [2.24, 2.45) is 11.8 Å². The van der Waals surface area contributed by atoms with Crippen LogP contribution in [-0.2, 0) is 9.53 Å². The molecule has 2 unspecified atom stereocenters. The minimum atomic E-state index is 0. The van der Waals surface area contributed by atoms with Crippen LogP contribution in [0.3, 0.4) is 0 Å². The van der Waals surface area contributed by atoms with Gasteiger partial charge in [-0.3, -0.25) is 4.79 Å². The van der Waals surface area contributed by atoms with Gasteiger partial charge in [0.25, 0.3) is 0 Å². The summed E-state index contributed by atoms with van der Waals surface area (Å²) in [7, 11) is 0. The van der Waals surface area contributed by atoms with Crippen LogP contribution in [0.2, 0.25) is 0 Å². The standard InChI is InChI=1S/C10H18N2O2.ClH/c13-10(9-2-4-14-7-9)12-6-8-1-3-11-5-8;/h8-9,11H,1-7H2,(H,12,13);1H. The molecule has 2 rings (SSSR count). The van der Waals surface area contributed by atoms with Crippen molar-refractivity contribution in [2.45, 2.75) is 12.8 Å². The molecule has 88 valence electrons. The van der Waals surface area contributed by atoms with E-state index in [9.17, 15) is 4.79 Å². The van der Waals surface area contributed by atoms with Crippen molar-refractivity contribution in [3.05, 3.63) is 0 Å². The lowest BCUT2D eigenvalue weighted by molar-refractivity contribution is -0.125. The number of ether oxygens (including phenoxy) is 1. The number of nitrogens with one attached hydrogen (secondary N) is 2. The molecule has 0 aliphatic carbocycles. The summed E-state index contributed by atoms with van der Waals surface area (Å²) in [5, 5.41) is 6.30. The normalized spacial score (nSPS) is 29.9. The summed E-state index contributed by atoms with van der Waals surface area (Å²) in [6, 6.07) is 0. The first kappa shape index (κ1) is 12.7. The summed E-state index contributed by atoms with van der Waals surface area (Å²) in [4.78, 5) is 11.6. The first-order valence-electron chi connectivity index (χ1n) is 5.42. The van der Waals surface area contributed by atoms with Crippen molar-refractivity contribution in [2.75, 3.05) is 32.8 Å². The average molecular weight is 235 g/mol. The Morgan fingerprint density at radius 1 is 1.47 bits per heavy atom. The molecule has 2 atom stereocenters. The predicted molar refractivity (Wildman–Crippen MR) is 60.2 cm³/mol. The SMILES string of the molecule is Cl.O=C(NCC1CCNC1)C1CCOC1. The van der Waals surface area contributed by atoms with Gasteiger partial charge in [-0.2, -0.15) is 0 Å². The number of rotatable bonds is 3. The molecule has 2 fully saturated rings. The third-order valence-corrected chi connectivity index (χ3v) is 3.03. The Morgan fingerprint density at radius 3 is 2.93 bits per heavy atom. The lowest BCUT2D eigenvalue weighted by atomic mass is 10.1. The third kappa shape index (κ3) is 3.63. The lowest BCUT2D eigenvalue weighted by Gasteiger charge is -2.12. The van der Waals surface area contributed by atoms with Crippen molar-refractivity contribution in [3.63, 3.8) is 0 Å². The van der Waals surface area contributed by atoms with E-state index in [1.165, 1.54) is 6.42 Å². The van der Waals surface area contributed by atoms with Crippen LogP contribution in [0, 0.1) is 11.8 Å². The quantitative estimate of drug-likeness (QED) is 0.732. The molecule has 0 aromatic heterocycles. The minimum absolute atomic E-state index is 0. The maximum atomic E-state index is 11.6. The monoisotopic (exact) mass is 234 g/mol. The Kier molecular flexibility index (Phi) is 5.36. The fourth-order valence-corrected chi connectivity index (χ4v) is 2.02. The second-order valence-corrected chi connectivity index (χ2v) is 4.16. The van der Waals surface area contributed by atoms with E-state index in [0.717, 1.165) is 32.7 Å². The van der Waals surface area contributed by atoms with Gasteiger partial charge in [-0.05, 0) is 31.8 Å². The lowest BCUT2D eigenvalue weighted by Crippen LogP contribution is -2.35. The molecule has 0 bridgehead atoms. The summed E-state index contributed by atoms with van der Waals surface area (Å²) in [5.74, 6) is 0.903. The summed E-state index contributed by atoms with van der Waals surface area (Å²) in [6.45, 7) is 4.30. The van der Waals surface area contributed by atoms with Gasteiger partial charge >= 0.3 is 0 Å². The number of carbonyl (C=O) groups is 1. The van der Waals surface area contributed by atoms with Crippen LogP contribution in [0.25, 0.3) is 0 Å². The predicted octanol–water partition coefficient (Wildman–Crippen LogP) is 0.170. The van der Waals surface area contributed by atoms with Gasteiger partial charge in [0.1, 0.15) is 0 Å². The Bertz CT molecular complexity index is 202. The number of hydrogen-bond donors (Lipinski definition) is 2. The highest BCUT2D eigenvalue weighted by atomic mass is 35.5. The van der Waals surface area contributed by atoms with Gasteiger partial charge < -0.3 is 15.4 Å². The van der Waals surface area contributed by atoms with Crippen LogP contribution < -0.4 is 10.6 Å². The Hall–Kier alpha value is -0.320. The Labute approximate surface area is 96.5 Å². The smallest absolute Gasteiger partial charge is 0.225 e. The number of carbonyl (C=O) groups excluding carboxylic acids is 1. The molecular formula is C10H19ClN2O2. The molecular weight excluding hydrogens is 216 g/mol. The Morgan fingerprint density at radius 2 is 2.33 bits per heavy atom. The second kappa shape index (κ2) is 6.30. The van der Waals surface area contributed by atoms with Crippen LogP contribution in [0.1, 0.15) is 12.8 Å². The van der Waals surface area contributed by atoms with E-state index in [2.05, 4.69) is 10.6 Å². The Balaban J connectivity index is 0.00000112. The summed E-state index contributed by atoms with van der Waals surface area (Å²) >= 11 is 0. The van der Waals surface area contributed by atoms with Crippen molar-refractivity contribution in [3.8, 4) is 0 Å². The first-order valence-corrected chi connectivity index (χ1v) is 5.42. The molecule has 2 N–H and O–H groups in total. The number of hydrogen-bond acceptors (Lipinski definition) is 3. The van der Waals surface area contributed by atoms with E-state index in [1.54, 1.807) is 0 Å². The topological polar surface area (TPSA) is 50.4 Å². The summed E-state index contributed by atoms with van der Waals surface area (Å²) in [6.07, 6.45) is 2.07. The van der Waals surface area contributed by atoms with Crippen LogP contribution in [0.15, 0.2) is 0 Å². The van der Waals surface area contributed by atoms with E-state index in [1.807, 2.05) is 0 Å². The summed E-state index contributed by atoms with van der Waals surface area (Å²) in [5.41, 5.74) is 0. The van der Waals surface area contributed by atoms with Crippen LogP contribution in [0.5, 0.6) is 0 Å². The van der Waals surface area contributed by atoms with Gasteiger partial charge in [0, 0.05) is 13.2 Å². The second-order valence-electron chi connectivity index (χ2n) is 4.16. The highest BCUT2D eigenvalue weighted by molar-refractivity contribution is 5.85. The van der Waals surface area contributed by atoms with Crippen LogP contribution in [0.4, 0.5) is 0 Å². The zero-order valence-corrected chi connectivity index (χ0v) is 9.65. The summed E-state index contributed by atoms with van der Waals surface area (Å²) < 4.78 is 5.18. The largest absolute Gasteiger partial charge is 0.381 e.